The van der Waals surface area contributed by atoms with Gasteiger partial charge in [0.05, 0.1) is 5.54 Å². The Morgan fingerprint density at radius 1 is 1.06 bits per heavy atom. The number of hydrogen-bond donors (Lipinski definition) is 2. The van der Waals surface area contributed by atoms with Gasteiger partial charge < -0.3 is 15.8 Å². The summed E-state index contributed by atoms with van der Waals surface area (Å²) >= 11 is 0. The molecule has 1 unspecified atom stereocenters. The molecule has 0 saturated heterocycles. The predicted molar refractivity (Wildman–Crippen MR) is 78.7 cm³/mol. The van der Waals surface area contributed by atoms with Gasteiger partial charge in [-0.25, -0.2) is 0 Å². The lowest BCUT2D eigenvalue weighted by Gasteiger charge is -2.31. The predicted octanol–water partition coefficient (Wildman–Crippen LogP) is 2.88. The first-order valence-corrected chi connectivity index (χ1v) is 6.98. The largest absolute Gasteiger partial charge is 0.319 e. The lowest BCUT2D eigenvalue weighted by atomic mass is 9.78. The SMILES string of the molecule is CC(C)(C)CC(N)(C=O)CCCCNC(C)(C)C. The molecule has 0 bridgehead atoms. The van der Waals surface area contributed by atoms with Crippen LogP contribution in [0.3, 0.4) is 0 Å². The van der Waals surface area contributed by atoms with Crippen molar-refractivity contribution in [3.8, 4) is 0 Å². The van der Waals surface area contributed by atoms with Gasteiger partial charge in [0, 0.05) is 5.54 Å². The maximum Gasteiger partial charge on any atom is 0.139 e. The first-order valence-electron chi connectivity index (χ1n) is 6.98. The molecule has 0 aliphatic rings. The molecule has 0 heterocycles. The summed E-state index contributed by atoms with van der Waals surface area (Å²) < 4.78 is 0. The van der Waals surface area contributed by atoms with E-state index in [4.69, 9.17) is 5.73 Å². The van der Waals surface area contributed by atoms with Crippen LogP contribution in [0.2, 0.25) is 0 Å². The van der Waals surface area contributed by atoms with Gasteiger partial charge in [-0.1, -0.05) is 20.8 Å². The van der Waals surface area contributed by atoms with Crippen LogP contribution in [0.4, 0.5) is 0 Å². The lowest BCUT2D eigenvalue weighted by Crippen LogP contribution is -2.45. The summed E-state index contributed by atoms with van der Waals surface area (Å²) in [5.41, 5.74) is 5.77. The van der Waals surface area contributed by atoms with Crippen molar-refractivity contribution in [3.05, 3.63) is 0 Å². The van der Waals surface area contributed by atoms with E-state index in [0.29, 0.717) is 0 Å². The summed E-state index contributed by atoms with van der Waals surface area (Å²) in [4.78, 5) is 11.2. The van der Waals surface area contributed by atoms with Gasteiger partial charge in [0.25, 0.3) is 0 Å². The minimum atomic E-state index is -0.653. The van der Waals surface area contributed by atoms with Gasteiger partial charge in [-0.05, 0) is 58.4 Å². The van der Waals surface area contributed by atoms with Crippen molar-refractivity contribution >= 4 is 6.29 Å². The number of aldehydes is 1. The van der Waals surface area contributed by atoms with Crippen LogP contribution in [0, 0.1) is 5.41 Å². The summed E-state index contributed by atoms with van der Waals surface area (Å²) in [6.45, 7) is 13.8. The lowest BCUT2D eigenvalue weighted by molar-refractivity contribution is -0.113. The highest BCUT2D eigenvalue weighted by atomic mass is 16.1. The maximum absolute atomic E-state index is 11.2. The molecule has 0 radical (unpaired) electrons. The van der Waals surface area contributed by atoms with Crippen LogP contribution in [0.5, 0.6) is 0 Å². The third-order valence-corrected chi connectivity index (χ3v) is 2.82. The van der Waals surface area contributed by atoms with Crippen molar-refractivity contribution in [2.45, 2.75) is 78.3 Å². The highest BCUT2D eigenvalue weighted by Gasteiger charge is 2.29. The highest BCUT2D eigenvalue weighted by Crippen LogP contribution is 2.27. The summed E-state index contributed by atoms with van der Waals surface area (Å²) in [5, 5.41) is 3.45. The van der Waals surface area contributed by atoms with Gasteiger partial charge >= 0.3 is 0 Å². The van der Waals surface area contributed by atoms with Crippen LogP contribution in [-0.2, 0) is 4.79 Å². The van der Waals surface area contributed by atoms with Gasteiger partial charge in [0.2, 0.25) is 0 Å². The molecule has 18 heavy (non-hydrogen) atoms. The normalized spacial score (nSPS) is 16.4. The molecule has 3 nitrogen and oxygen atoms in total. The second kappa shape index (κ2) is 6.67. The van der Waals surface area contributed by atoms with Crippen molar-refractivity contribution < 1.29 is 4.79 Å². The first kappa shape index (κ1) is 17.6. The summed E-state index contributed by atoms with van der Waals surface area (Å²) in [6, 6.07) is 0. The maximum atomic E-state index is 11.2. The van der Waals surface area contributed by atoms with Crippen molar-refractivity contribution in [2.24, 2.45) is 11.1 Å². The zero-order chi connectivity index (χ0) is 14.4. The van der Waals surface area contributed by atoms with Gasteiger partial charge in [-0.15, -0.1) is 0 Å². The van der Waals surface area contributed by atoms with Crippen molar-refractivity contribution in [1.29, 1.82) is 0 Å². The van der Waals surface area contributed by atoms with E-state index in [1.54, 1.807) is 0 Å². The number of carbonyl (C=O) groups excluding carboxylic acids is 1. The molecule has 0 saturated carbocycles. The van der Waals surface area contributed by atoms with E-state index in [0.717, 1.165) is 38.5 Å². The third-order valence-electron chi connectivity index (χ3n) is 2.82. The molecule has 0 aliphatic heterocycles. The molecule has 0 rings (SSSR count). The molecule has 0 aromatic heterocycles. The molecule has 0 spiro atoms. The van der Waals surface area contributed by atoms with E-state index in [-0.39, 0.29) is 11.0 Å². The highest BCUT2D eigenvalue weighted by molar-refractivity contribution is 5.63. The van der Waals surface area contributed by atoms with Crippen LogP contribution >= 0.6 is 0 Å². The van der Waals surface area contributed by atoms with E-state index >= 15 is 0 Å². The molecular formula is C15H32N2O. The number of hydrogen-bond acceptors (Lipinski definition) is 3. The summed E-state index contributed by atoms with van der Waals surface area (Å²) in [6.07, 6.45) is 4.52. The molecule has 3 heteroatoms. The number of rotatable bonds is 7. The Hall–Kier alpha value is -0.410. The van der Waals surface area contributed by atoms with E-state index < -0.39 is 5.54 Å². The third kappa shape index (κ3) is 9.60. The fraction of sp³-hybridized carbons (Fsp3) is 0.933. The molecule has 0 amide bonds. The Labute approximate surface area is 113 Å². The first-order chi connectivity index (χ1) is 7.97. The molecule has 108 valence electrons. The number of unbranched alkanes of at least 4 members (excludes halogenated alkanes) is 1. The quantitative estimate of drug-likeness (QED) is 0.544. The van der Waals surface area contributed by atoms with Gasteiger partial charge in [0.1, 0.15) is 6.29 Å². The Balaban J connectivity index is 3.98. The fourth-order valence-electron chi connectivity index (χ4n) is 2.22. The monoisotopic (exact) mass is 256 g/mol. The minimum absolute atomic E-state index is 0.0965. The van der Waals surface area contributed by atoms with Crippen LogP contribution < -0.4 is 11.1 Å². The Kier molecular flexibility index (Phi) is 6.52. The topological polar surface area (TPSA) is 55.1 Å². The molecule has 3 N–H and O–H groups in total. The fourth-order valence-corrected chi connectivity index (χ4v) is 2.22. The van der Waals surface area contributed by atoms with E-state index in [1.807, 2.05) is 0 Å². The van der Waals surface area contributed by atoms with E-state index in [1.165, 1.54) is 0 Å². The second-order valence-electron chi connectivity index (χ2n) is 7.72. The van der Waals surface area contributed by atoms with Crippen LogP contribution in [-0.4, -0.2) is 23.9 Å². The van der Waals surface area contributed by atoms with Crippen LogP contribution in [0.1, 0.15) is 67.2 Å². The Morgan fingerprint density at radius 3 is 2.00 bits per heavy atom. The average Bonchev–Trinajstić information content (AvgIpc) is 2.12. The molecule has 0 aromatic rings. The van der Waals surface area contributed by atoms with Gasteiger partial charge in [0.15, 0.2) is 0 Å². The van der Waals surface area contributed by atoms with Gasteiger partial charge in [-0.2, -0.15) is 0 Å². The standard InChI is InChI=1S/C15H32N2O/c1-13(2,3)11-15(16,12-18)9-7-8-10-17-14(4,5)6/h12,17H,7-11,16H2,1-6H3. The molecule has 0 fully saturated rings. The van der Waals surface area contributed by atoms with E-state index in [2.05, 4.69) is 46.9 Å². The number of nitrogens with two attached hydrogens (primary N) is 1. The minimum Gasteiger partial charge on any atom is -0.319 e. The zero-order valence-electron chi connectivity index (χ0n) is 13.1. The number of carbonyl (C=O) groups is 1. The van der Waals surface area contributed by atoms with Crippen molar-refractivity contribution in [2.75, 3.05) is 6.54 Å². The van der Waals surface area contributed by atoms with Crippen molar-refractivity contribution in [3.63, 3.8) is 0 Å². The molecular weight excluding hydrogens is 224 g/mol. The molecule has 1 atom stereocenters. The summed E-state index contributed by atoms with van der Waals surface area (Å²) in [5.74, 6) is 0. The molecule has 0 aliphatic carbocycles. The van der Waals surface area contributed by atoms with Crippen LogP contribution in [0.25, 0.3) is 0 Å². The zero-order valence-corrected chi connectivity index (χ0v) is 13.1. The Bertz CT molecular complexity index is 250. The average molecular weight is 256 g/mol. The smallest absolute Gasteiger partial charge is 0.139 e. The Morgan fingerprint density at radius 2 is 1.61 bits per heavy atom. The van der Waals surface area contributed by atoms with Gasteiger partial charge in [-0.3, -0.25) is 0 Å². The van der Waals surface area contributed by atoms with E-state index in [9.17, 15) is 4.79 Å². The van der Waals surface area contributed by atoms with Crippen molar-refractivity contribution in [1.82, 2.24) is 5.32 Å². The molecule has 0 aromatic carbocycles. The van der Waals surface area contributed by atoms with Crippen LogP contribution in [0.15, 0.2) is 0 Å². The second-order valence-corrected chi connectivity index (χ2v) is 7.72. The summed E-state index contributed by atoms with van der Waals surface area (Å²) in [7, 11) is 0. The number of nitrogens with one attached hydrogen (secondary N) is 1.